The molecule has 0 unspecified atom stereocenters. The number of hydrogen-bond acceptors (Lipinski definition) is 4. The quantitative estimate of drug-likeness (QED) is 0.545. The molecule has 0 bridgehead atoms. The summed E-state index contributed by atoms with van der Waals surface area (Å²) in [6.45, 7) is 3.75. The van der Waals surface area contributed by atoms with Crippen LogP contribution in [0.4, 0.5) is 0 Å². The van der Waals surface area contributed by atoms with E-state index < -0.39 is 0 Å². The zero-order valence-corrected chi connectivity index (χ0v) is 17.4. The third kappa shape index (κ3) is 4.92. The third-order valence-corrected chi connectivity index (χ3v) is 5.48. The van der Waals surface area contributed by atoms with E-state index in [-0.39, 0.29) is 5.91 Å². The molecule has 0 N–H and O–H groups in total. The van der Waals surface area contributed by atoms with E-state index in [4.69, 9.17) is 9.15 Å². The zero-order chi connectivity index (χ0) is 20.8. The van der Waals surface area contributed by atoms with Crippen LogP contribution in [-0.4, -0.2) is 35.9 Å². The summed E-state index contributed by atoms with van der Waals surface area (Å²) < 4.78 is 11.5. The molecular weight excluding hydrogens is 376 g/mol. The number of methoxy groups -OCH3 is 1. The first-order valence-corrected chi connectivity index (χ1v) is 10.5. The third-order valence-electron chi connectivity index (χ3n) is 5.48. The van der Waals surface area contributed by atoms with Crippen LogP contribution in [0, 0.1) is 0 Å². The van der Waals surface area contributed by atoms with Gasteiger partial charge in [-0.2, -0.15) is 0 Å². The first kappa shape index (κ1) is 20.2. The second-order valence-electron chi connectivity index (χ2n) is 7.71. The minimum absolute atomic E-state index is 0.00177. The van der Waals surface area contributed by atoms with Gasteiger partial charge in [0.2, 0.25) is 0 Å². The largest absolute Gasteiger partial charge is 0.496 e. The lowest BCUT2D eigenvalue weighted by Gasteiger charge is -2.22. The van der Waals surface area contributed by atoms with Crippen molar-refractivity contribution in [3.05, 3.63) is 89.4 Å². The Labute approximate surface area is 177 Å². The number of carbonyl (C=O) groups is 1. The molecule has 2 aromatic carbocycles. The first-order valence-electron chi connectivity index (χ1n) is 10.5. The maximum Gasteiger partial charge on any atom is 0.289 e. The molecule has 5 nitrogen and oxygen atoms in total. The Balaban J connectivity index is 1.51. The van der Waals surface area contributed by atoms with Crippen LogP contribution in [0.3, 0.4) is 0 Å². The molecule has 0 saturated carbocycles. The van der Waals surface area contributed by atoms with E-state index in [1.165, 1.54) is 5.56 Å². The van der Waals surface area contributed by atoms with Gasteiger partial charge in [-0.25, -0.2) is 0 Å². The maximum atomic E-state index is 12.6. The van der Waals surface area contributed by atoms with Crippen LogP contribution in [0.25, 0.3) is 0 Å². The lowest BCUT2D eigenvalue weighted by atomic mass is 10.1. The van der Waals surface area contributed by atoms with Crippen molar-refractivity contribution < 1.29 is 13.9 Å². The highest BCUT2D eigenvalue weighted by Gasteiger charge is 2.22. The number of amides is 1. The Morgan fingerprint density at radius 1 is 0.933 bits per heavy atom. The lowest BCUT2D eigenvalue weighted by molar-refractivity contribution is 0.0756. The van der Waals surface area contributed by atoms with Crippen LogP contribution in [0.5, 0.6) is 5.75 Å². The molecule has 1 aromatic heterocycles. The molecule has 2 heterocycles. The van der Waals surface area contributed by atoms with Gasteiger partial charge in [-0.3, -0.25) is 9.69 Å². The number of nitrogens with zero attached hydrogens (tertiary/aromatic N) is 2. The molecule has 0 atom stereocenters. The highest BCUT2D eigenvalue weighted by molar-refractivity contribution is 5.91. The molecule has 1 aliphatic rings. The molecule has 1 saturated heterocycles. The summed E-state index contributed by atoms with van der Waals surface area (Å²) in [4.78, 5) is 16.8. The minimum atomic E-state index is -0.00177. The van der Waals surface area contributed by atoms with E-state index in [1.54, 1.807) is 13.2 Å². The SMILES string of the molecule is COc1ccccc1CN(Cc1ccccc1)Cc1ccc(C(=O)N2CCCC2)o1. The normalized spacial score (nSPS) is 13.7. The second-order valence-corrected chi connectivity index (χ2v) is 7.71. The van der Waals surface area contributed by atoms with Crippen LogP contribution in [0.2, 0.25) is 0 Å². The number of likely N-dealkylation sites (tertiary alicyclic amines) is 1. The molecule has 0 spiro atoms. The summed E-state index contributed by atoms with van der Waals surface area (Å²) in [5.74, 6) is 2.10. The summed E-state index contributed by atoms with van der Waals surface area (Å²) in [6, 6.07) is 22.2. The molecule has 1 amide bonds. The number of carbonyl (C=O) groups excluding carboxylic acids is 1. The smallest absolute Gasteiger partial charge is 0.289 e. The van der Waals surface area contributed by atoms with Crippen LogP contribution in [0.1, 0.15) is 40.3 Å². The molecule has 1 aliphatic heterocycles. The predicted molar refractivity (Wildman–Crippen MR) is 116 cm³/mol. The van der Waals surface area contributed by atoms with Crippen molar-refractivity contribution in [1.82, 2.24) is 9.80 Å². The summed E-state index contributed by atoms with van der Waals surface area (Å²) in [5.41, 5.74) is 2.35. The Bertz CT molecular complexity index is 961. The van der Waals surface area contributed by atoms with Crippen molar-refractivity contribution in [2.24, 2.45) is 0 Å². The van der Waals surface area contributed by atoms with Gasteiger partial charge in [0.25, 0.3) is 5.91 Å². The van der Waals surface area contributed by atoms with Gasteiger partial charge in [-0.05, 0) is 36.6 Å². The molecule has 3 aromatic rings. The van der Waals surface area contributed by atoms with E-state index in [1.807, 2.05) is 35.2 Å². The Morgan fingerprint density at radius 2 is 1.67 bits per heavy atom. The number of hydrogen-bond donors (Lipinski definition) is 0. The molecule has 30 heavy (non-hydrogen) atoms. The number of furan rings is 1. The number of benzene rings is 2. The van der Waals surface area contributed by atoms with Crippen molar-refractivity contribution >= 4 is 5.91 Å². The molecular formula is C25H28N2O3. The van der Waals surface area contributed by atoms with Crippen molar-refractivity contribution in [1.29, 1.82) is 0 Å². The van der Waals surface area contributed by atoms with Gasteiger partial charge in [-0.1, -0.05) is 48.5 Å². The fourth-order valence-electron chi connectivity index (χ4n) is 3.96. The van der Waals surface area contributed by atoms with Gasteiger partial charge < -0.3 is 14.1 Å². The number of ether oxygens (including phenoxy) is 1. The van der Waals surface area contributed by atoms with Crippen molar-refractivity contribution in [2.45, 2.75) is 32.5 Å². The van der Waals surface area contributed by atoms with E-state index in [2.05, 4.69) is 35.2 Å². The summed E-state index contributed by atoms with van der Waals surface area (Å²) >= 11 is 0. The average Bonchev–Trinajstić information content (AvgIpc) is 3.47. The van der Waals surface area contributed by atoms with E-state index >= 15 is 0 Å². The van der Waals surface area contributed by atoms with Crippen molar-refractivity contribution in [2.75, 3.05) is 20.2 Å². The molecule has 156 valence electrons. The molecule has 0 radical (unpaired) electrons. The van der Waals surface area contributed by atoms with Crippen LogP contribution in [-0.2, 0) is 19.6 Å². The van der Waals surface area contributed by atoms with Crippen molar-refractivity contribution in [3.63, 3.8) is 0 Å². The van der Waals surface area contributed by atoms with Crippen LogP contribution in [0.15, 0.2) is 71.1 Å². The summed E-state index contributed by atoms with van der Waals surface area (Å²) in [7, 11) is 1.70. The van der Waals surface area contributed by atoms with Gasteiger partial charge >= 0.3 is 0 Å². The highest BCUT2D eigenvalue weighted by atomic mass is 16.5. The van der Waals surface area contributed by atoms with E-state index in [0.29, 0.717) is 12.3 Å². The first-order chi connectivity index (χ1) is 14.7. The monoisotopic (exact) mass is 404 g/mol. The number of rotatable bonds is 8. The van der Waals surface area contributed by atoms with Gasteiger partial charge in [0, 0.05) is 31.7 Å². The minimum Gasteiger partial charge on any atom is -0.496 e. The molecule has 5 heteroatoms. The molecule has 0 aliphatic carbocycles. The lowest BCUT2D eigenvalue weighted by Crippen LogP contribution is -2.27. The van der Waals surface area contributed by atoms with E-state index in [9.17, 15) is 4.79 Å². The highest BCUT2D eigenvalue weighted by Crippen LogP contribution is 2.23. The average molecular weight is 405 g/mol. The fourth-order valence-corrected chi connectivity index (χ4v) is 3.96. The van der Waals surface area contributed by atoms with Crippen LogP contribution >= 0.6 is 0 Å². The topological polar surface area (TPSA) is 45.9 Å². The Morgan fingerprint density at radius 3 is 2.43 bits per heavy atom. The van der Waals surface area contributed by atoms with Gasteiger partial charge in [0.1, 0.15) is 11.5 Å². The standard InChI is InChI=1S/C25H28N2O3/c1-29-23-12-6-5-11-21(23)18-26(17-20-9-3-2-4-10-20)19-22-13-14-24(30-22)25(28)27-15-7-8-16-27/h2-6,9-14H,7-8,15-19H2,1H3. The summed E-state index contributed by atoms with van der Waals surface area (Å²) in [5, 5.41) is 0. The van der Waals surface area contributed by atoms with Gasteiger partial charge in [-0.15, -0.1) is 0 Å². The van der Waals surface area contributed by atoms with Gasteiger partial charge in [0.05, 0.1) is 13.7 Å². The Hall–Kier alpha value is -3.05. The molecule has 4 rings (SSSR count). The van der Waals surface area contributed by atoms with Crippen molar-refractivity contribution in [3.8, 4) is 5.75 Å². The Kier molecular flexibility index (Phi) is 6.50. The summed E-state index contributed by atoms with van der Waals surface area (Å²) in [6.07, 6.45) is 2.14. The van der Waals surface area contributed by atoms with Crippen LogP contribution < -0.4 is 4.74 Å². The maximum absolute atomic E-state index is 12.6. The predicted octanol–water partition coefficient (Wildman–Crippen LogP) is 4.73. The number of para-hydroxylation sites is 1. The zero-order valence-electron chi connectivity index (χ0n) is 17.4. The second kappa shape index (κ2) is 9.63. The molecule has 1 fully saturated rings. The fraction of sp³-hybridized carbons (Fsp3) is 0.320. The van der Waals surface area contributed by atoms with E-state index in [0.717, 1.165) is 56.1 Å². The van der Waals surface area contributed by atoms with Gasteiger partial charge in [0.15, 0.2) is 5.76 Å².